The Bertz CT molecular complexity index is 968. The predicted octanol–water partition coefficient (Wildman–Crippen LogP) is 3.59. The first-order chi connectivity index (χ1) is 13.2. The molecule has 3 aromatic rings. The maximum atomic E-state index is 12.2. The van der Waals surface area contributed by atoms with Gasteiger partial charge in [0.25, 0.3) is 0 Å². The maximum absolute atomic E-state index is 12.2. The van der Waals surface area contributed by atoms with E-state index in [-0.39, 0.29) is 18.1 Å². The van der Waals surface area contributed by atoms with Gasteiger partial charge < -0.3 is 14.2 Å². The Balaban J connectivity index is 1.29. The van der Waals surface area contributed by atoms with Crippen molar-refractivity contribution in [1.29, 1.82) is 0 Å². The lowest BCUT2D eigenvalue weighted by Gasteiger charge is -2.18. The average molecular weight is 401 g/mol. The van der Waals surface area contributed by atoms with Crippen LogP contribution >= 0.6 is 23.1 Å². The second-order valence-corrected chi connectivity index (χ2v) is 7.93. The molecule has 2 heterocycles. The van der Waals surface area contributed by atoms with Gasteiger partial charge in [0.05, 0.1) is 16.0 Å². The van der Waals surface area contributed by atoms with Crippen molar-refractivity contribution in [1.82, 2.24) is 4.98 Å². The third kappa shape index (κ3) is 4.23. The number of fused-ring (bicyclic) bond motifs is 2. The number of thiazole rings is 1. The van der Waals surface area contributed by atoms with Gasteiger partial charge >= 0.3 is 5.97 Å². The highest BCUT2D eigenvalue weighted by molar-refractivity contribution is 8.01. The summed E-state index contributed by atoms with van der Waals surface area (Å²) < 4.78 is 17.8. The summed E-state index contributed by atoms with van der Waals surface area (Å²) in [6, 6.07) is 12.7. The van der Waals surface area contributed by atoms with Crippen molar-refractivity contribution < 1.29 is 23.8 Å². The van der Waals surface area contributed by atoms with Crippen LogP contribution in [0.4, 0.5) is 0 Å². The summed E-state index contributed by atoms with van der Waals surface area (Å²) in [5, 5.41) is 0. The molecule has 0 bridgehead atoms. The number of benzene rings is 2. The Labute approximate surface area is 163 Å². The van der Waals surface area contributed by atoms with Gasteiger partial charge in [-0.25, -0.2) is 4.98 Å². The van der Waals surface area contributed by atoms with E-state index in [0.29, 0.717) is 30.3 Å². The molecule has 0 saturated carbocycles. The summed E-state index contributed by atoms with van der Waals surface area (Å²) in [6.45, 7) is 0.631. The fourth-order valence-corrected chi connectivity index (χ4v) is 4.39. The van der Waals surface area contributed by atoms with E-state index in [1.807, 2.05) is 24.3 Å². The van der Waals surface area contributed by atoms with Crippen LogP contribution < -0.4 is 9.47 Å². The lowest BCUT2D eigenvalue weighted by atomic mass is 10.1. The van der Waals surface area contributed by atoms with E-state index in [4.69, 9.17) is 14.2 Å². The van der Waals surface area contributed by atoms with Crippen molar-refractivity contribution in [2.45, 2.75) is 4.34 Å². The van der Waals surface area contributed by atoms with Crippen LogP contribution in [-0.4, -0.2) is 42.3 Å². The third-order valence-corrected chi connectivity index (χ3v) is 5.97. The summed E-state index contributed by atoms with van der Waals surface area (Å²) in [5.41, 5.74) is 1.33. The van der Waals surface area contributed by atoms with Crippen molar-refractivity contribution in [2.75, 3.05) is 25.6 Å². The molecule has 0 fully saturated rings. The molecule has 27 heavy (non-hydrogen) atoms. The van der Waals surface area contributed by atoms with Crippen molar-refractivity contribution in [3.8, 4) is 11.5 Å². The van der Waals surface area contributed by atoms with Gasteiger partial charge in [-0.2, -0.15) is 0 Å². The number of carbonyl (C=O) groups is 2. The number of rotatable bonds is 6. The number of aromatic nitrogens is 1. The first-order valence-electron chi connectivity index (χ1n) is 8.26. The van der Waals surface area contributed by atoms with Crippen LogP contribution in [0, 0.1) is 0 Å². The molecule has 0 atom stereocenters. The van der Waals surface area contributed by atoms with E-state index in [9.17, 15) is 9.59 Å². The van der Waals surface area contributed by atoms with Gasteiger partial charge in [-0.05, 0) is 30.3 Å². The van der Waals surface area contributed by atoms with Crippen molar-refractivity contribution >= 4 is 45.1 Å². The standard InChI is InChI=1S/C19H15NO5S2/c21-14(12-5-6-15-16(9-12)24-8-7-23-15)10-25-18(22)11-26-19-20-13-3-1-2-4-17(13)27-19/h1-6,9H,7-8,10-11H2. The van der Waals surface area contributed by atoms with Gasteiger partial charge in [0.15, 0.2) is 28.2 Å². The van der Waals surface area contributed by atoms with Crippen LogP contribution in [0.25, 0.3) is 10.2 Å². The van der Waals surface area contributed by atoms with Gasteiger partial charge in [-0.3, -0.25) is 9.59 Å². The average Bonchev–Trinajstić information content (AvgIpc) is 3.13. The largest absolute Gasteiger partial charge is 0.486 e. The minimum absolute atomic E-state index is 0.105. The number of hydrogen-bond donors (Lipinski definition) is 0. The molecule has 4 rings (SSSR count). The van der Waals surface area contributed by atoms with E-state index >= 15 is 0 Å². The SMILES string of the molecule is O=C(CSc1nc2ccccc2s1)OCC(=O)c1ccc2c(c1)OCCO2. The number of ketones is 1. The number of Topliss-reactive ketones (excluding diaryl/α,β-unsaturated/α-hetero) is 1. The molecule has 2 aromatic carbocycles. The number of nitrogens with zero attached hydrogens (tertiary/aromatic N) is 1. The van der Waals surface area contributed by atoms with Crippen LogP contribution in [0.2, 0.25) is 0 Å². The van der Waals surface area contributed by atoms with Gasteiger partial charge in [0.2, 0.25) is 0 Å². The quantitative estimate of drug-likeness (QED) is 0.355. The van der Waals surface area contributed by atoms with Crippen LogP contribution in [0.15, 0.2) is 46.8 Å². The molecule has 1 aliphatic heterocycles. The number of ether oxygens (including phenoxy) is 3. The molecule has 0 saturated heterocycles. The number of para-hydroxylation sites is 1. The summed E-state index contributed by atoms with van der Waals surface area (Å²) in [4.78, 5) is 28.6. The highest BCUT2D eigenvalue weighted by Crippen LogP contribution is 2.31. The lowest BCUT2D eigenvalue weighted by molar-refractivity contribution is -0.139. The van der Waals surface area contributed by atoms with Crippen LogP contribution in [0.5, 0.6) is 11.5 Å². The molecule has 0 amide bonds. The van der Waals surface area contributed by atoms with Gasteiger partial charge in [-0.1, -0.05) is 23.9 Å². The van der Waals surface area contributed by atoms with E-state index < -0.39 is 5.97 Å². The molecule has 0 aliphatic carbocycles. The predicted molar refractivity (Wildman–Crippen MR) is 103 cm³/mol. The highest BCUT2D eigenvalue weighted by Gasteiger charge is 2.16. The lowest BCUT2D eigenvalue weighted by Crippen LogP contribution is -2.18. The van der Waals surface area contributed by atoms with E-state index in [1.54, 1.807) is 18.2 Å². The third-order valence-electron chi connectivity index (χ3n) is 3.82. The van der Waals surface area contributed by atoms with Crippen LogP contribution in [0.3, 0.4) is 0 Å². The Morgan fingerprint density at radius 2 is 1.93 bits per heavy atom. The molecule has 0 radical (unpaired) electrons. The zero-order valence-electron chi connectivity index (χ0n) is 14.2. The maximum Gasteiger partial charge on any atom is 0.316 e. The fraction of sp³-hybridized carbons (Fsp3) is 0.211. The molecular weight excluding hydrogens is 386 g/mol. The Hall–Kier alpha value is -2.58. The number of esters is 1. The topological polar surface area (TPSA) is 74.7 Å². The Morgan fingerprint density at radius 1 is 1.11 bits per heavy atom. The highest BCUT2D eigenvalue weighted by atomic mass is 32.2. The molecule has 0 spiro atoms. The molecule has 8 heteroatoms. The Morgan fingerprint density at radius 3 is 2.78 bits per heavy atom. The smallest absolute Gasteiger partial charge is 0.316 e. The van der Waals surface area contributed by atoms with Gasteiger partial charge in [0.1, 0.15) is 13.2 Å². The minimum atomic E-state index is -0.454. The number of hydrogen-bond acceptors (Lipinski definition) is 8. The van der Waals surface area contributed by atoms with E-state index in [1.165, 1.54) is 23.1 Å². The van der Waals surface area contributed by atoms with Crippen molar-refractivity contribution in [2.24, 2.45) is 0 Å². The normalized spacial score (nSPS) is 12.7. The molecule has 0 N–H and O–H groups in total. The fourth-order valence-electron chi connectivity index (χ4n) is 2.52. The molecule has 1 aliphatic rings. The minimum Gasteiger partial charge on any atom is -0.486 e. The molecular formula is C19H15NO5S2. The summed E-state index contributed by atoms with van der Waals surface area (Å²) in [5.74, 6) is 0.510. The molecule has 6 nitrogen and oxygen atoms in total. The number of thioether (sulfide) groups is 1. The Kier molecular flexibility index (Phi) is 5.26. The first kappa shape index (κ1) is 17.8. The zero-order valence-corrected chi connectivity index (χ0v) is 15.8. The summed E-state index contributed by atoms with van der Waals surface area (Å²) >= 11 is 2.83. The second kappa shape index (κ2) is 7.98. The summed E-state index contributed by atoms with van der Waals surface area (Å²) in [6.07, 6.45) is 0. The van der Waals surface area contributed by atoms with Crippen LogP contribution in [0.1, 0.15) is 10.4 Å². The monoisotopic (exact) mass is 401 g/mol. The molecule has 0 unspecified atom stereocenters. The van der Waals surface area contributed by atoms with Gasteiger partial charge in [0, 0.05) is 5.56 Å². The molecule has 1 aromatic heterocycles. The van der Waals surface area contributed by atoms with E-state index in [0.717, 1.165) is 14.6 Å². The second-order valence-electron chi connectivity index (χ2n) is 5.68. The van der Waals surface area contributed by atoms with Crippen LogP contribution in [-0.2, 0) is 9.53 Å². The zero-order chi connectivity index (χ0) is 18.6. The van der Waals surface area contributed by atoms with Crippen molar-refractivity contribution in [3.63, 3.8) is 0 Å². The van der Waals surface area contributed by atoms with Gasteiger partial charge in [-0.15, -0.1) is 11.3 Å². The van der Waals surface area contributed by atoms with E-state index in [2.05, 4.69) is 4.98 Å². The number of carbonyl (C=O) groups excluding carboxylic acids is 2. The molecule has 138 valence electrons. The van der Waals surface area contributed by atoms with Crippen molar-refractivity contribution in [3.05, 3.63) is 48.0 Å². The summed E-state index contributed by atoms with van der Waals surface area (Å²) in [7, 11) is 0. The first-order valence-corrected chi connectivity index (χ1v) is 10.1.